The molecule has 108 valence electrons. The molecule has 0 amide bonds. The third-order valence-electron chi connectivity index (χ3n) is 2.78. The molecular formula is C14H13N3O3S. The third-order valence-corrected chi connectivity index (χ3v) is 4.16. The molecule has 0 atom stereocenters. The summed E-state index contributed by atoms with van der Waals surface area (Å²) in [7, 11) is -2.29. The highest BCUT2D eigenvalue weighted by molar-refractivity contribution is 7.92. The lowest BCUT2D eigenvalue weighted by atomic mass is 10.2. The van der Waals surface area contributed by atoms with Crippen LogP contribution in [0.25, 0.3) is 0 Å². The molecule has 0 unspecified atom stereocenters. The van der Waals surface area contributed by atoms with E-state index in [1.807, 2.05) is 6.07 Å². The molecule has 0 saturated carbocycles. The minimum Gasteiger partial charge on any atom is -0.497 e. The summed E-state index contributed by atoms with van der Waals surface area (Å²) in [4.78, 5) is 0.0732. The van der Waals surface area contributed by atoms with Crippen LogP contribution in [0.2, 0.25) is 0 Å². The monoisotopic (exact) mass is 303 g/mol. The van der Waals surface area contributed by atoms with Crippen LogP contribution in [0.1, 0.15) is 5.56 Å². The summed E-state index contributed by atoms with van der Waals surface area (Å²) in [6, 6.07) is 12.2. The Balaban J connectivity index is 2.35. The van der Waals surface area contributed by atoms with Crippen LogP contribution in [0.3, 0.4) is 0 Å². The van der Waals surface area contributed by atoms with Crippen molar-refractivity contribution in [3.05, 3.63) is 48.0 Å². The third kappa shape index (κ3) is 3.24. The Morgan fingerprint density at radius 2 is 1.86 bits per heavy atom. The number of hydrogen-bond acceptors (Lipinski definition) is 5. The van der Waals surface area contributed by atoms with Crippen molar-refractivity contribution < 1.29 is 13.2 Å². The van der Waals surface area contributed by atoms with Crippen molar-refractivity contribution in [1.29, 1.82) is 5.26 Å². The van der Waals surface area contributed by atoms with Crippen molar-refractivity contribution >= 4 is 21.4 Å². The van der Waals surface area contributed by atoms with Gasteiger partial charge >= 0.3 is 0 Å². The van der Waals surface area contributed by atoms with E-state index in [1.54, 1.807) is 12.1 Å². The first kappa shape index (κ1) is 14.7. The Hall–Kier alpha value is -2.72. The van der Waals surface area contributed by atoms with Crippen LogP contribution >= 0.6 is 0 Å². The maximum absolute atomic E-state index is 12.3. The van der Waals surface area contributed by atoms with Gasteiger partial charge in [0, 0.05) is 5.69 Å². The van der Waals surface area contributed by atoms with E-state index < -0.39 is 10.0 Å². The quantitative estimate of drug-likeness (QED) is 0.840. The predicted octanol–water partition coefficient (Wildman–Crippen LogP) is 1.95. The van der Waals surface area contributed by atoms with Gasteiger partial charge in [-0.15, -0.1) is 0 Å². The average molecular weight is 303 g/mol. The highest BCUT2D eigenvalue weighted by atomic mass is 32.2. The fourth-order valence-corrected chi connectivity index (χ4v) is 2.78. The van der Waals surface area contributed by atoms with Gasteiger partial charge in [0.1, 0.15) is 11.8 Å². The fourth-order valence-electron chi connectivity index (χ4n) is 1.70. The Morgan fingerprint density at radius 3 is 2.43 bits per heavy atom. The molecule has 7 heteroatoms. The second kappa shape index (κ2) is 5.73. The van der Waals surface area contributed by atoms with Gasteiger partial charge < -0.3 is 10.5 Å². The number of hydrogen-bond donors (Lipinski definition) is 2. The van der Waals surface area contributed by atoms with Crippen LogP contribution in [0.5, 0.6) is 5.75 Å². The van der Waals surface area contributed by atoms with Gasteiger partial charge in [-0.25, -0.2) is 8.42 Å². The van der Waals surface area contributed by atoms with E-state index in [0.717, 1.165) is 0 Å². The standard InChI is InChI=1S/C14H13N3O3S/c1-20-12-3-5-13(6-4-12)21(18,19)17-14-7-2-11(16)8-10(14)9-15/h2-8,17H,16H2,1H3. The van der Waals surface area contributed by atoms with Gasteiger partial charge in [0.15, 0.2) is 0 Å². The molecule has 21 heavy (non-hydrogen) atoms. The Bertz CT molecular complexity index is 793. The van der Waals surface area contributed by atoms with Crippen molar-refractivity contribution in [2.45, 2.75) is 4.90 Å². The molecule has 2 aromatic rings. The van der Waals surface area contributed by atoms with Crippen molar-refractivity contribution in [1.82, 2.24) is 0 Å². The van der Waals surface area contributed by atoms with Crippen LogP contribution in [-0.2, 0) is 10.0 Å². The van der Waals surface area contributed by atoms with Gasteiger partial charge in [0.25, 0.3) is 10.0 Å². The van der Waals surface area contributed by atoms with Crippen molar-refractivity contribution in [2.24, 2.45) is 0 Å². The lowest BCUT2D eigenvalue weighted by Crippen LogP contribution is -2.14. The Kier molecular flexibility index (Phi) is 4.00. The number of anilines is 2. The normalized spacial score (nSPS) is 10.7. The molecule has 0 radical (unpaired) electrons. The van der Waals surface area contributed by atoms with E-state index >= 15 is 0 Å². The van der Waals surface area contributed by atoms with Crippen molar-refractivity contribution in [3.63, 3.8) is 0 Å². The van der Waals surface area contributed by atoms with Crippen LogP contribution < -0.4 is 15.2 Å². The first-order valence-corrected chi connectivity index (χ1v) is 7.41. The molecule has 0 aromatic heterocycles. The number of nitrogen functional groups attached to an aromatic ring is 1. The molecule has 0 bridgehead atoms. The SMILES string of the molecule is COc1ccc(S(=O)(=O)Nc2ccc(N)cc2C#N)cc1. The zero-order valence-electron chi connectivity index (χ0n) is 11.2. The Morgan fingerprint density at radius 1 is 1.19 bits per heavy atom. The second-order valence-corrected chi connectivity index (χ2v) is 5.88. The lowest BCUT2D eigenvalue weighted by Gasteiger charge is -2.10. The van der Waals surface area contributed by atoms with Crippen molar-refractivity contribution in [2.75, 3.05) is 17.6 Å². The number of sulfonamides is 1. The molecule has 0 saturated heterocycles. The number of nitrogens with zero attached hydrogens (tertiary/aromatic N) is 1. The number of nitrogens with one attached hydrogen (secondary N) is 1. The maximum atomic E-state index is 12.3. The Labute approximate surface area is 122 Å². The van der Waals surface area contributed by atoms with Crippen LogP contribution in [0, 0.1) is 11.3 Å². The molecule has 0 spiro atoms. The number of ether oxygens (including phenoxy) is 1. The molecule has 0 fully saturated rings. The number of nitriles is 1. The van der Waals surface area contributed by atoms with E-state index in [9.17, 15) is 8.42 Å². The largest absolute Gasteiger partial charge is 0.497 e. The van der Waals surface area contributed by atoms with E-state index in [0.29, 0.717) is 11.4 Å². The maximum Gasteiger partial charge on any atom is 0.261 e. The average Bonchev–Trinajstić information content (AvgIpc) is 2.49. The van der Waals surface area contributed by atoms with Gasteiger partial charge in [0.2, 0.25) is 0 Å². The van der Waals surface area contributed by atoms with Gasteiger partial charge in [-0.2, -0.15) is 5.26 Å². The smallest absolute Gasteiger partial charge is 0.261 e. The number of rotatable bonds is 4. The molecule has 0 aliphatic heterocycles. The van der Waals surface area contributed by atoms with Crippen LogP contribution in [0.15, 0.2) is 47.4 Å². The molecule has 0 heterocycles. The predicted molar refractivity (Wildman–Crippen MR) is 79.4 cm³/mol. The second-order valence-electron chi connectivity index (χ2n) is 4.20. The topological polar surface area (TPSA) is 105 Å². The highest BCUT2D eigenvalue weighted by Gasteiger charge is 2.16. The summed E-state index contributed by atoms with van der Waals surface area (Å²) in [5, 5.41) is 9.02. The molecule has 2 aromatic carbocycles. The summed E-state index contributed by atoms with van der Waals surface area (Å²) in [5.74, 6) is 0.555. The molecular weight excluding hydrogens is 290 g/mol. The van der Waals surface area contributed by atoms with Gasteiger partial charge in [-0.3, -0.25) is 4.72 Å². The molecule has 0 aliphatic rings. The van der Waals surface area contributed by atoms with Gasteiger partial charge in [-0.1, -0.05) is 0 Å². The summed E-state index contributed by atoms with van der Waals surface area (Å²) < 4.78 is 31.9. The first-order chi connectivity index (χ1) is 9.96. The van der Waals surface area contributed by atoms with E-state index in [4.69, 9.17) is 15.7 Å². The van der Waals surface area contributed by atoms with E-state index in [2.05, 4.69) is 4.72 Å². The lowest BCUT2D eigenvalue weighted by molar-refractivity contribution is 0.414. The minimum absolute atomic E-state index is 0.0732. The fraction of sp³-hybridized carbons (Fsp3) is 0.0714. The van der Waals surface area contributed by atoms with Crippen LogP contribution in [-0.4, -0.2) is 15.5 Å². The summed E-state index contributed by atoms with van der Waals surface area (Å²) in [6.07, 6.45) is 0. The molecule has 2 rings (SSSR count). The molecule has 6 nitrogen and oxygen atoms in total. The highest BCUT2D eigenvalue weighted by Crippen LogP contribution is 2.23. The van der Waals surface area contributed by atoms with Gasteiger partial charge in [0.05, 0.1) is 23.3 Å². The summed E-state index contributed by atoms with van der Waals surface area (Å²) in [6.45, 7) is 0. The summed E-state index contributed by atoms with van der Waals surface area (Å²) in [5.41, 5.74) is 6.30. The zero-order chi connectivity index (χ0) is 15.5. The molecule has 3 N–H and O–H groups in total. The van der Waals surface area contributed by atoms with Gasteiger partial charge in [-0.05, 0) is 42.5 Å². The van der Waals surface area contributed by atoms with Crippen molar-refractivity contribution in [3.8, 4) is 11.8 Å². The molecule has 0 aliphatic carbocycles. The number of methoxy groups -OCH3 is 1. The number of nitrogens with two attached hydrogens (primary N) is 1. The van der Waals surface area contributed by atoms with Crippen LogP contribution in [0.4, 0.5) is 11.4 Å². The minimum atomic E-state index is -3.78. The van der Waals surface area contributed by atoms with E-state index in [1.165, 1.54) is 37.4 Å². The first-order valence-electron chi connectivity index (χ1n) is 5.93. The zero-order valence-corrected chi connectivity index (χ0v) is 12.0. The van der Waals surface area contributed by atoms with E-state index in [-0.39, 0.29) is 16.1 Å². The summed E-state index contributed by atoms with van der Waals surface area (Å²) >= 11 is 0. The number of benzene rings is 2.